The molecule has 2 N–H and O–H groups in total. The first-order valence-electron chi connectivity index (χ1n) is 11.3. The summed E-state index contributed by atoms with van der Waals surface area (Å²) in [6, 6.07) is 28.6. The summed E-state index contributed by atoms with van der Waals surface area (Å²) in [5.74, 6) is 1.28. The van der Waals surface area contributed by atoms with E-state index < -0.39 is 0 Å². The molecule has 8 heteroatoms. The van der Waals surface area contributed by atoms with E-state index in [2.05, 4.69) is 15.7 Å². The van der Waals surface area contributed by atoms with Crippen molar-refractivity contribution in [2.24, 2.45) is 0 Å². The molecular formula is C28H22N4O4. The molecule has 5 aromatic rings. The first-order valence-corrected chi connectivity index (χ1v) is 11.3. The number of hydrogen-bond donors (Lipinski definition) is 2. The fourth-order valence-electron chi connectivity index (χ4n) is 3.53. The lowest BCUT2D eigenvalue weighted by molar-refractivity contribution is 0.0948. The smallest absolute Gasteiger partial charge is 0.299 e. The van der Waals surface area contributed by atoms with E-state index in [1.807, 2.05) is 36.4 Å². The van der Waals surface area contributed by atoms with E-state index in [4.69, 9.17) is 9.15 Å². The predicted molar refractivity (Wildman–Crippen MR) is 136 cm³/mol. The van der Waals surface area contributed by atoms with E-state index in [0.29, 0.717) is 35.0 Å². The topological polar surface area (TPSA) is 98.4 Å². The fourth-order valence-corrected chi connectivity index (χ4v) is 3.53. The Balaban J connectivity index is 1.41. The highest BCUT2D eigenvalue weighted by Gasteiger charge is 2.16. The third-order valence-electron chi connectivity index (χ3n) is 5.33. The largest absolute Gasteiger partial charge is 0.467 e. The number of carbonyl (C=O) groups is 1. The van der Waals surface area contributed by atoms with Crippen LogP contribution in [-0.2, 0) is 6.54 Å². The molecule has 0 aliphatic heterocycles. The van der Waals surface area contributed by atoms with Gasteiger partial charge >= 0.3 is 0 Å². The Hall–Kier alpha value is -5.11. The number of nitrogens with one attached hydrogen (secondary N) is 2. The highest BCUT2D eigenvalue weighted by atomic mass is 16.5. The lowest BCUT2D eigenvalue weighted by Gasteiger charge is -2.15. The van der Waals surface area contributed by atoms with E-state index >= 15 is 0 Å². The van der Waals surface area contributed by atoms with Crippen molar-refractivity contribution >= 4 is 17.3 Å². The Morgan fingerprint density at radius 3 is 2.31 bits per heavy atom. The van der Waals surface area contributed by atoms with Gasteiger partial charge in [-0.1, -0.05) is 36.4 Å². The molecule has 8 nitrogen and oxygen atoms in total. The second-order valence-electron chi connectivity index (χ2n) is 7.82. The minimum absolute atomic E-state index is 0.215. The van der Waals surface area contributed by atoms with E-state index in [9.17, 15) is 9.59 Å². The summed E-state index contributed by atoms with van der Waals surface area (Å²) in [5.41, 5.74) is 1.55. The van der Waals surface area contributed by atoms with Crippen LogP contribution in [0.4, 0.5) is 11.4 Å². The number of carbonyl (C=O) groups excluding carboxylic acids is 1. The van der Waals surface area contributed by atoms with Crippen LogP contribution in [0.1, 0.15) is 16.1 Å². The molecule has 0 unspecified atom stereocenters. The monoisotopic (exact) mass is 478 g/mol. The molecule has 0 fully saturated rings. The standard InChI is InChI=1S/C28H22N4O4/c33-27(29-18-24-12-7-17-35-24)20-13-15-21(16-14-20)31-26-25(36-23-10-5-2-6-11-23)19-30-32(28(26)34)22-8-3-1-4-9-22/h1-17,19,31H,18H2,(H,29,33). The molecule has 3 aromatic carbocycles. The highest BCUT2D eigenvalue weighted by Crippen LogP contribution is 2.28. The van der Waals surface area contributed by atoms with Gasteiger partial charge in [-0.3, -0.25) is 9.59 Å². The van der Waals surface area contributed by atoms with Gasteiger partial charge in [-0.25, -0.2) is 0 Å². The number of furan rings is 1. The van der Waals surface area contributed by atoms with Gasteiger partial charge in [0.1, 0.15) is 11.5 Å². The summed E-state index contributed by atoms with van der Waals surface area (Å²) in [5, 5.41) is 10.3. The molecule has 2 heterocycles. The molecule has 36 heavy (non-hydrogen) atoms. The molecule has 2 aromatic heterocycles. The molecule has 178 valence electrons. The summed E-state index contributed by atoms with van der Waals surface area (Å²) in [4.78, 5) is 25.9. The lowest BCUT2D eigenvalue weighted by Crippen LogP contribution is -2.24. The van der Waals surface area contributed by atoms with Gasteiger partial charge in [0.05, 0.1) is 24.7 Å². The average molecular weight is 479 g/mol. The molecule has 0 aliphatic carbocycles. The third-order valence-corrected chi connectivity index (χ3v) is 5.33. The summed E-state index contributed by atoms with van der Waals surface area (Å²) < 4.78 is 12.5. The van der Waals surface area contributed by atoms with E-state index in [1.165, 1.54) is 10.9 Å². The van der Waals surface area contributed by atoms with Crippen LogP contribution in [0.3, 0.4) is 0 Å². The van der Waals surface area contributed by atoms with Gasteiger partial charge < -0.3 is 19.8 Å². The molecule has 5 rings (SSSR count). The number of para-hydroxylation sites is 2. The number of ether oxygens (including phenoxy) is 1. The Kier molecular flexibility index (Phi) is 6.57. The summed E-state index contributed by atoms with van der Waals surface area (Å²) in [6.07, 6.45) is 3.06. The van der Waals surface area contributed by atoms with Gasteiger partial charge in [0, 0.05) is 11.3 Å². The van der Waals surface area contributed by atoms with Crippen molar-refractivity contribution in [1.29, 1.82) is 0 Å². The van der Waals surface area contributed by atoms with Crippen LogP contribution in [0.25, 0.3) is 5.69 Å². The second kappa shape index (κ2) is 10.4. The van der Waals surface area contributed by atoms with E-state index in [1.54, 1.807) is 66.9 Å². The second-order valence-corrected chi connectivity index (χ2v) is 7.82. The number of hydrogen-bond acceptors (Lipinski definition) is 6. The first kappa shape index (κ1) is 22.7. The number of anilines is 2. The molecule has 0 bridgehead atoms. The average Bonchev–Trinajstić information content (AvgIpc) is 3.45. The van der Waals surface area contributed by atoms with Crippen molar-refractivity contribution in [3.63, 3.8) is 0 Å². The molecule has 0 spiro atoms. The van der Waals surface area contributed by atoms with Crippen molar-refractivity contribution in [2.45, 2.75) is 6.54 Å². The summed E-state index contributed by atoms with van der Waals surface area (Å²) in [6.45, 7) is 0.294. The maximum atomic E-state index is 13.4. The van der Waals surface area contributed by atoms with Crippen molar-refractivity contribution < 1.29 is 13.9 Å². The molecule has 0 radical (unpaired) electrons. The van der Waals surface area contributed by atoms with E-state index in [0.717, 1.165) is 0 Å². The van der Waals surface area contributed by atoms with Gasteiger partial charge in [0.25, 0.3) is 11.5 Å². The molecule has 0 saturated carbocycles. The first-order chi connectivity index (χ1) is 17.7. The zero-order valence-electron chi connectivity index (χ0n) is 19.1. The SMILES string of the molecule is O=C(NCc1ccco1)c1ccc(Nc2c(Oc3ccccc3)cnn(-c3ccccc3)c2=O)cc1. The minimum Gasteiger partial charge on any atom is -0.467 e. The van der Waals surface area contributed by atoms with Crippen molar-refractivity contribution in [3.05, 3.63) is 131 Å². The zero-order valence-corrected chi connectivity index (χ0v) is 19.1. The van der Waals surface area contributed by atoms with Gasteiger partial charge in [-0.2, -0.15) is 9.78 Å². The number of nitrogens with zero attached hydrogens (tertiary/aromatic N) is 2. The molecule has 0 atom stereocenters. The van der Waals surface area contributed by atoms with Crippen LogP contribution < -0.4 is 20.9 Å². The van der Waals surface area contributed by atoms with E-state index in [-0.39, 0.29) is 22.9 Å². The zero-order chi connectivity index (χ0) is 24.7. The maximum Gasteiger partial charge on any atom is 0.299 e. The Bertz CT molecular complexity index is 1500. The van der Waals surface area contributed by atoms with Crippen molar-refractivity contribution in [2.75, 3.05) is 5.32 Å². The van der Waals surface area contributed by atoms with Crippen LogP contribution in [0.15, 0.2) is 119 Å². The normalized spacial score (nSPS) is 10.6. The maximum absolute atomic E-state index is 13.4. The molecular weight excluding hydrogens is 456 g/mol. The van der Waals surface area contributed by atoms with Gasteiger partial charge in [0.2, 0.25) is 0 Å². The fraction of sp³-hybridized carbons (Fsp3) is 0.0357. The number of benzene rings is 3. The van der Waals surface area contributed by atoms with Gasteiger partial charge in [0.15, 0.2) is 11.4 Å². The van der Waals surface area contributed by atoms with Crippen LogP contribution in [0.2, 0.25) is 0 Å². The van der Waals surface area contributed by atoms with Crippen LogP contribution >= 0.6 is 0 Å². The lowest BCUT2D eigenvalue weighted by atomic mass is 10.2. The molecule has 0 aliphatic rings. The minimum atomic E-state index is -0.380. The van der Waals surface area contributed by atoms with Crippen molar-refractivity contribution in [1.82, 2.24) is 15.1 Å². The number of aromatic nitrogens is 2. The molecule has 1 amide bonds. The quantitative estimate of drug-likeness (QED) is 0.314. The van der Waals surface area contributed by atoms with Crippen LogP contribution in [0, 0.1) is 0 Å². The highest BCUT2D eigenvalue weighted by molar-refractivity contribution is 5.94. The van der Waals surface area contributed by atoms with Crippen LogP contribution in [0.5, 0.6) is 11.5 Å². The van der Waals surface area contributed by atoms with Gasteiger partial charge in [-0.05, 0) is 60.7 Å². The van der Waals surface area contributed by atoms with Crippen LogP contribution in [-0.4, -0.2) is 15.7 Å². The predicted octanol–water partition coefficient (Wildman–Crippen LogP) is 5.29. The van der Waals surface area contributed by atoms with Crippen molar-refractivity contribution in [3.8, 4) is 17.2 Å². The Labute approximate surface area is 206 Å². The summed E-state index contributed by atoms with van der Waals surface area (Å²) in [7, 11) is 0. The Morgan fingerprint density at radius 2 is 1.61 bits per heavy atom. The van der Waals surface area contributed by atoms with Gasteiger partial charge in [-0.15, -0.1) is 0 Å². The Morgan fingerprint density at radius 1 is 0.889 bits per heavy atom. The molecule has 0 saturated heterocycles. The summed E-state index contributed by atoms with van der Waals surface area (Å²) >= 11 is 0. The third kappa shape index (κ3) is 5.18. The number of amides is 1. The number of rotatable bonds is 8.